The van der Waals surface area contributed by atoms with Crippen molar-refractivity contribution >= 4 is 5.91 Å². The molecule has 112 valence electrons. The highest BCUT2D eigenvalue weighted by atomic mass is 16.1. The molecule has 1 atom stereocenters. The molecule has 0 saturated carbocycles. The van der Waals surface area contributed by atoms with Crippen molar-refractivity contribution in [3.05, 3.63) is 29.6 Å². The van der Waals surface area contributed by atoms with Gasteiger partial charge in [0.15, 0.2) is 0 Å². The molecule has 1 unspecified atom stereocenters. The molecule has 3 nitrogen and oxygen atoms in total. The SMILES string of the molecule is Cc1ccc(C(=O)NC(CCC(C)C)C(C)(C)C)cn1. The third-order valence-electron chi connectivity index (χ3n) is 3.56. The number of nitrogens with zero attached hydrogens (tertiary/aromatic N) is 1. The monoisotopic (exact) mass is 276 g/mol. The normalized spacial score (nSPS) is 13.3. The van der Waals surface area contributed by atoms with E-state index in [2.05, 4.69) is 44.9 Å². The summed E-state index contributed by atoms with van der Waals surface area (Å²) < 4.78 is 0. The summed E-state index contributed by atoms with van der Waals surface area (Å²) in [4.78, 5) is 16.5. The van der Waals surface area contributed by atoms with Gasteiger partial charge in [-0.3, -0.25) is 9.78 Å². The lowest BCUT2D eigenvalue weighted by Crippen LogP contribution is -2.43. The van der Waals surface area contributed by atoms with Crippen LogP contribution in [0, 0.1) is 18.3 Å². The molecule has 0 aliphatic rings. The molecule has 0 aliphatic heterocycles. The highest BCUT2D eigenvalue weighted by Crippen LogP contribution is 2.24. The highest BCUT2D eigenvalue weighted by Gasteiger charge is 2.26. The number of amides is 1. The van der Waals surface area contributed by atoms with Gasteiger partial charge < -0.3 is 5.32 Å². The third kappa shape index (κ3) is 5.32. The van der Waals surface area contributed by atoms with Crippen LogP contribution >= 0.6 is 0 Å². The maximum Gasteiger partial charge on any atom is 0.253 e. The predicted octanol–water partition coefficient (Wildman–Crippen LogP) is 3.97. The molecule has 1 amide bonds. The van der Waals surface area contributed by atoms with E-state index < -0.39 is 0 Å². The van der Waals surface area contributed by atoms with Crippen molar-refractivity contribution in [2.24, 2.45) is 11.3 Å². The Balaban J connectivity index is 2.73. The molecule has 1 aromatic rings. The van der Waals surface area contributed by atoms with Crippen molar-refractivity contribution < 1.29 is 4.79 Å². The number of carbonyl (C=O) groups is 1. The Morgan fingerprint density at radius 2 is 1.90 bits per heavy atom. The van der Waals surface area contributed by atoms with E-state index in [0.717, 1.165) is 18.5 Å². The minimum Gasteiger partial charge on any atom is -0.349 e. The first kappa shape index (κ1) is 16.7. The quantitative estimate of drug-likeness (QED) is 0.884. The Hall–Kier alpha value is -1.38. The maximum atomic E-state index is 12.3. The van der Waals surface area contributed by atoms with Gasteiger partial charge >= 0.3 is 0 Å². The lowest BCUT2D eigenvalue weighted by atomic mass is 9.82. The summed E-state index contributed by atoms with van der Waals surface area (Å²) in [6.07, 6.45) is 3.77. The van der Waals surface area contributed by atoms with E-state index >= 15 is 0 Å². The van der Waals surface area contributed by atoms with Gasteiger partial charge in [-0.1, -0.05) is 34.6 Å². The molecular weight excluding hydrogens is 248 g/mol. The van der Waals surface area contributed by atoms with Gasteiger partial charge in [0.2, 0.25) is 0 Å². The van der Waals surface area contributed by atoms with Crippen LogP contribution in [0.4, 0.5) is 0 Å². The average molecular weight is 276 g/mol. The number of carbonyl (C=O) groups excluding carboxylic acids is 1. The van der Waals surface area contributed by atoms with Crippen molar-refractivity contribution in [3.8, 4) is 0 Å². The predicted molar refractivity (Wildman–Crippen MR) is 83.8 cm³/mol. The molecular formula is C17H28N2O. The van der Waals surface area contributed by atoms with Gasteiger partial charge in [-0.2, -0.15) is 0 Å². The Kier molecular flexibility index (Phi) is 5.73. The Bertz CT molecular complexity index is 429. The van der Waals surface area contributed by atoms with Gasteiger partial charge in [0.05, 0.1) is 5.56 Å². The first-order chi connectivity index (χ1) is 9.20. The second-order valence-corrected chi connectivity index (χ2v) is 7.05. The third-order valence-corrected chi connectivity index (χ3v) is 3.56. The van der Waals surface area contributed by atoms with Crippen molar-refractivity contribution in [1.82, 2.24) is 10.3 Å². The number of nitrogens with one attached hydrogen (secondary N) is 1. The zero-order valence-corrected chi connectivity index (χ0v) is 13.7. The molecule has 0 radical (unpaired) electrons. The van der Waals surface area contributed by atoms with Crippen LogP contribution in [0.3, 0.4) is 0 Å². The summed E-state index contributed by atoms with van der Waals surface area (Å²) in [5.74, 6) is 0.624. The smallest absolute Gasteiger partial charge is 0.253 e. The van der Waals surface area contributed by atoms with E-state index in [-0.39, 0.29) is 17.4 Å². The van der Waals surface area contributed by atoms with Crippen LogP contribution in [0.15, 0.2) is 18.3 Å². The lowest BCUT2D eigenvalue weighted by Gasteiger charge is -2.32. The Morgan fingerprint density at radius 1 is 1.25 bits per heavy atom. The van der Waals surface area contributed by atoms with E-state index in [1.807, 2.05) is 19.1 Å². The number of pyridine rings is 1. The van der Waals surface area contributed by atoms with Crippen LogP contribution in [-0.4, -0.2) is 16.9 Å². The molecule has 0 aromatic carbocycles. The number of hydrogen-bond acceptors (Lipinski definition) is 2. The van der Waals surface area contributed by atoms with Gasteiger partial charge in [-0.05, 0) is 43.2 Å². The molecule has 1 N–H and O–H groups in total. The summed E-state index contributed by atoms with van der Waals surface area (Å²) in [5.41, 5.74) is 1.62. The minimum absolute atomic E-state index is 0.0267. The number of hydrogen-bond donors (Lipinski definition) is 1. The number of rotatable bonds is 5. The Labute approximate surface area is 123 Å². The van der Waals surface area contributed by atoms with Crippen molar-refractivity contribution in [3.63, 3.8) is 0 Å². The Morgan fingerprint density at radius 3 is 2.35 bits per heavy atom. The molecule has 0 bridgehead atoms. The van der Waals surface area contributed by atoms with E-state index in [1.165, 1.54) is 0 Å². The van der Waals surface area contributed by atoms with Crippen molar-refractivity contribution in [2.45, 2.75) is 60.4 Å². The molecule has 0 spiro atoms. The molecule has 1 heterocycles. The lowest BCUT2D eigenvalue weighted by molar-refractivity contribution is 0.0894. The van der Waals surface area contributed by atoms with Crippen LogP contribution in [0.1, 0.15) is 63.5 Å². The molecule has 1 aromatic heterocycles. The fourth-order valence-electron chi connectivity index (χ4n) is 2.07. The molecule has 0 aliphatic carbocycles. The molecule has 1 rings (SSSR count). The van der Waals surface area contributed by atoms with Crippen LogP contribution in [-0.2, 0) is 0 Å². The second-order valence-electron chi connectivity index (χ2n) is 7.05. The summed E-state index contributed by atoms with van der Waals surface area (Å²) in [7, 11) is 0. The first-order valence-corrected chi connectivity index (χ1v) is 7.43. The molecule has 3 heteroatoms. The van der Waals surface area contributed by atoms with E-state index in [9.17, 15) is 4.79 Å². The van der Waals surface area contributed by atoms with Crippen LogP contribution in [0.2, 0.25) is 0 Å². The molecule has 0 saturated heterocycles. The number of aryl methyl sites for hydroxylation is 1. The fraction of sp³-hybridized carbons (Fsp3) is 0.647. The van der Waals surface area contributed by atoms with E-state index in [1.54, 1.807) is 6.20 Å². The van der Waals surface area contributed by atoms with Gasteiger partial charge in [-0.15, -0.1) is 0 Å². The van der Waals surface area contributed by atoms with Gasteiger partial charge in [0, 0.05) is 17.9 Å². The second kappa shape index (κ2) is 6.87. The average Bonchev–Trinajstić information content (AvgIpc) is 2.33. The van der Waals surface area contributed by atoms with Crippen molar-refractivity contribution in [2.75, 3.05) is 0 Å². The largest absolute Gasteiger partial charge is 0.349 e. The fourth-order valence-corrected chi connectivity index (χ4v) is 2.07. The van der Waals surface area contributed by atoms with Gasteiger partial charge in [0.25, 0.3) is 5.91 Å². The topological polar surface area (TPSA) is 42.0 Å². The van der Waals surface area contributed by atoms with Gasteiger partial charge in [0.1, 0.15) is 0 Å². The summed E-state index contributed by atoms with van der Waals surface area (Å²) in [6, 6.07) is 3.88. The minimum atomic E-state index is -0.0267. The van der Waals surface area contributed by atoms with E-state index in [0.29, 0.717) is 11.5 Å². The maximum absolute atomic E-state index is 12.3. The zero-order valence-electron chi connectivity index (χ0n) is 13.7. The first-order valence-electron chi connectivity index (χ1n) is 7.43. The summed E-state index contributed by atoms with van der Waals surface area (Å²) in [5, 5.41) is 3.17. The molecule has 20 heavy (non-hydrogen) atoms. The van der Waals surface area contributed by atoms with Gasteiger partial charge in [-0.25, -0.2) is 0 Å². The summed E-state index contributed by atoms with van der Waals surface area (Å²) >= 11 is 0. The summed E-state index contributed by atoms with van der Waals surface area (Å²) in [6.45, 7) is 12.9. The standard InChI is InChI=1S/C17H28N2O/c1-12(2)7-10-15(17(4,5)6)19-16(20)14-9-8-13(3)18-11-14/h8-9,11-12,15H,7,10H2,1-6H3,(H,19,20). The van der Waals surface area contributed by atoms with E-state index in [4.69, 9.17) is 0 Å². The zero-order chi connectivity index (χ0) is 15.3. The highest BCUT2D eigenvalue weighted by molar-refractivity contribution is 5.94. The van der Waals surface area contributed by atoms with Crippen molar-refractivity contribution in [1.29, 1.82) is 0 Å². The van der Waals surface area contributed by atoms with Crippen LogP contribution in [0.5, 0.6) is 0 Å². The number of aromatic nitrogens is 1. The van der Waals surface area contributed by atoms with Crippen LogP contribution < -0.4 is 5.32 Å². The van der Waals surface area contributed by atoms with Crippen LogP contribution in [0.25, 0.3) is 0 Å². The molecule has 0 fully saturated rings.